The second kappa shape index (κ2) is 9.55. The number of ketones is 1. The van der Waals surface area contributed by atoms with E-state index in [1.165, 1.54) is 33.5 Å². The lowest BCUT2D eigenvalue weighted by Crippen LogP contribution is -2.14. The van der Waals surface area contributed by atoms with Crippen molar-refractivity contribution in [1.82, 2.24) is 0 Å². The normalized spacial score (nSPS) is 11.9. The summed E-state index contributed by atoms with van der Waals surface area (Å²) >= 11 is 6.01. The molecular weight excluding hydrogens is 500 g/mol. The number of phenols is 1. The fraction of sp³-hybridized carbons (Fsp3) is 0.143. The molecule has 188 valence electrons. The molecule has 8 nitrogen and oxygen atoms in total. The molecule has 4 aromatic rings. The Balaban J connectivity index is 1.92. The highest BCUT2D eigenvalue weighted by molar-refractivity contribution is 6.31. The van der Waals surface area contributed by atoms with Crippen LogP contribution < -0.4 is 18.9 Å². The van der Waals surface area contributed by atoms with Crippen molar-refractivity contribution in [3.05, 3.63) is 76.3 Å². The topological polar surface area (TPSA) is 101 Å². The van der Waals surface area contributed by atoms with Gasteiger partial charge in [0.1, 0.15) is 5.75 Å². The van der Waals surface area contributed by atoms with Crippen molar-refractivity contribution in [2.24, 2.45) is 0 Å². The van der Waals surface area contributed by atoms with Gasteiger partial charge in [0.15, 0.2) is 28.8 Å². The van der Waals surface area contributed by atoms with Crippen LogP contribution in [0.4, 0.5) is 0 Å². The van der Waals surface area contributed by atoms with Gasteiger partial charge in [0.2, 0.25) is 6.79 Å². The highest BCUT2D eigenvalue weighted by Crippen LogP contribution is 2.48. The van der Waals surface area contributed by atoms with Crippen molar-refractivity contribution in [3.63, 3.8) is 0 Å². The molecule has 0 saturated heterocycles. The van der Waals surface area contributed by atoms with E-state index in [0.29, 0.717) is 49.9 Å². The average Bonchev–Trinajstić information content (AvgIpc) is 3.39. The maximum atomic E-state index is 13.8. The van der Waals surface area contributed by atoms with Crippen LogP contribution in [0.3, 0.4) is 0 Å². The van der Waals surface area contributed by atoms with Gasteiger partial charge >= 0.3 is 5.97 Å². The van der Waals surface area contributed by atoms with Crippen LogP contribution in [0.25, 0.3) is 21.9 Å². The van der Waals surface area contributed by atoms with E-state index in [2.05, 4.69) is 0 Å². The standard InChI is InChI=1S/C28H21ClO8/c1-33-19-9-6-15(10-20(19)34-2)23-17-11-21-22(37-13-36-21)12-18(17)27(31)25(24(23)28(32)35-3)26(30)14-4-7-16(29)8-5-14/h4-12,31H,13H2,1-3H3. The summed E-state index contributed by atoms with van der Waals surface area (Å²) in [6.45, 7) is -0.00146. The Labute approximate surface area is 216 Å². The Morgan fingerprint density at radius 2 is 1.49 bits per heavy atom. The Kier molecular flexibility index (Phi) is 6.27. The van der Waals surface area contributed by atoms with Gasteiger partial charge in [-0.05, 0) is 59.5 Å². The van der Waals surface area contributed by atoms with Gasteiger partial charge in [0.05, 0.1) is 32.5 Å². The molecule has 0 spiro atoms. The lowest BCUT2D eigenvalue weighted by Gasteiger charge is -2.19. The molecule has 4 aromatic carbocycles. The number of benzene rings is 4. The van der Waals surface area contributed by atoms with Gasteiger partial charge in [0, 0.05) is 21.5 Å². The minimum Gasteiger partial charge on any atom is -0.506 e. The largest absolute Gasteiger partial charge is 0.506 e. The Hall–Kier alpha value is -4.43. The molecule has 0 amide bonds. The number of aromatic hydroxyl groups is 1. The minimum atomic E-state index is -0.808. The summed E-state index contributed by atoms with van der Waals surface area (Å²) in [5, 5.41) is 12.6. The molecule has 0 unspecified atom stereocenters. The third-order valence-corrected chi connectivity index (χ3v) is 6.42. The molecule has 0 fully saturated rings. The maximum absolute atomic E-state index is 13.8. The molecule has 0 aromatic heterocycles. The van der Waals surface area contributed by atoms with Crippen LogP contribution in [0.1, 0.15) is 26.3 Å². The smallest absolute Gasteiger partial charge is 0.339 e. The van der Waals surface area contributed by atoms with E-state index >= 15 is 0 Å². The number of hydrogen-bond donors (Lipinski definition) is 1. The number of carbonyl (C=O) groups excluding carboxylic acids is 2. The molecule has 1 aliphatic heterocycles. The van der Waals surface area contributed by atoms with E-state index < -0.39 is 17.5 Å². The summed E-state index contributed by atoms with van der Waals surface area (Å²) in [5.41, 5.74) is 0.760. The number of ether oxygens (including phenoxy) is 5. The first-order valence-corrected chi connectivity index (χ1v) is 11.5. The molecule has 1 aliphatic rings. The first kappa shape index (κ1) is 24.3. The fourth-order valence-corrected chi connectivity index (χ4v) is 4.55. The molecule has 1 heterocycles. The number of phenolic OH excluding ortho intramolecular Hbond substituents is 1. The Bertz CT molecular complexity index is 1560. The van der Waals surface area contributed by atoms with Gasteiger partial charge in [-0.15, -0.1) is 0 Å². The van der Waals surface area contributed by atoms with Crippen LogP contribution in [-0.2, 0) is 4.74 Å². The van der Waals surface area contributed by atoms with Gasteiger partial charge in [-0.25, -0.2) is 4.79 Å². The zero-order valence-corrected chi connectivity index (χ0v) is 20.8. The van der Waals surface area contributed by atoms with Crippen molar-refractivity contribution in [1.29, 1.82) is 0 Å². The van der Waals surface area contributed by atoms with E-state index in [1.807, 2.05) is 0 Å². The lowest BCUT2D eigenvalue weighted by atomic mass is 9.85. The molecule has 9 heteroatoms. The summed E-state index contributed by atoms with van der Waals surface area (Å²) in [4.78, 5) is 27.1. The highest BCUT2D eigenvalue weighted by Gasteiger charge is 2.32. The third kappa shape index (κ3) is 4.05. The number of esters is 1. The van der Waals surface area contributed by atoms with E-state index in [4.69, 9.17) is 35.3 Å². The third-order valence-electron chi connectivity index (χ3n) is 6.17. The predicted molar refractivity (Wildman–Crippen MR) is 136 cm³/mol. The number of fused-ring (bicyclic) bond motifs is 2. The van der Waals surface area contributed by atoms with Gasteiger partial charge in [-0.3, -0.25) is 4.79 Å². The van der Waals surface area contributed by atoms with Crippen molar-refractivity contribution < 1.29 is 38.4 Å². The second-order valence-electron chi connectivity index (χ2n) is 8.12. The molecule has 0 atom stereocenters. The van der Waals surface area contributed by atoms with Crippen molar-refractivity contribution >= 4 is 34.1 Å². The summed E-state index contributed by atoms with van der Waals surface area (Å²) in [7, 11) is 4.21. The molecule has 0 bridgehead atoms. The number of methoxy groups -OCH3 is 3. The van der Waals surface area contributed by atoms with Crippen molar-refractivity contribution in [2.75, 3.05) is 28.1 Å². The van der Waals surface area contributed by atoms with Crippen LogP contribution in [0.5, 0.6) is 28.7 Å². The van der Waals surface area contributed by atoms with Gasteiger partial charge < -0.3 is 28.8 Å². The number of rotatable bonds is 6. The monoisotopic (exact) mass is 520 g/mol. The Morgan fingerprint density at radius 1 is 0.838 bits per heavy atom. The average molecular weight is 521 g/mol. The van der Waals surface area contributed by atoms with E-state index in [-0.39, 0.29) is 23.5 Å². The molecule has 37 heavy (non-hydrogen) atoms. The van der Waals surface area contributed by atoms with Crippen LogP contribution >= 0.6 is 11.6 Å². The summed E-state index contributed by atoms with van der Waals surface area (Å²) in [6.07, 6.45) is 0. The van der Waals surface area contributed by atoms with Gasteiger partial charge in [-0.2, -0.15) is 0 Å². The zero-order valence-electron chi connectivity index (χ0n) is 20.1. The lowest BCUT2D eigenvalue weighted by molar-refractivity contribution is 0.0598. The minimum absolute atomic E-state index is 0.00146. The molecular formula is C28H21ClO8. The first-order valence-electron chi connectivity index (χ1n) is 11.1. The van der Waals surface area contributed by atoms with Crippen molar-refractivity contribution in [3.8, 4) is 39.9 Å². The quantitative estimate of drug-likeness (QED) is 0.258. The van der Waals surface area contributed by atoms with Gasteiger partial charge in [0.25, 0.3) is 0 Å². The molecule has 0 saturated carbocycles. The predicted octanol–water partition coefficient (Wildman–Crippen LogP) is 5.63. The molecule has 5 rings (SSSR count). The summed E-state index contributed by atoms with van der Waals surface area (Å²) < 4.78 is 27.0. The Morgan fingerprint density at radius 3 is 2.11 bits per heavy atom. The van der Waals surface area contributed by atoms with Crippen LogP contribution in [0.15, 0.2) is 54.6 Å². The number of hydrogen-bond acceptors (Lipinski definition) is 8. The number of halogens is 1. The highest BCUT2D eigenvalue weighted by atomic mass is 35.5. The van der Waals surface area contributed by atoms with Crippen LogP contribution in [-0.4, -0.2) is 45.0 Å². The molecule has 0 radical (unpaired) electrons. The molecule has 1 N–H and O–H groups in total. The maximum Gasteiger partial charge on any atom is 0.339 e. The molecule has 0 aliphatic carbocycles. The first-order chi connectivity index (χ1) is 17.9. The SMILES string of the molecule is COC(=O)c1c(C(=O)c2ccc(Cl)cc2)c(O)c2cc3c(cc2c1-c1ccc(OC)c(OC)c1)OCO3. The van der Waals surface area contributed by atoms with Gasteiger partial charge in [-0.1, -0.05) is 17.7 Å². The number of carbonyl (C=O) groups is 2. The van der Waals surface area contributed by atoms with Crippen LogP contribution in [0, 0.1) is 0 Å². The van der Waals surface area contributed by atoms with E-state index in [9.17, 15) is 14.7 Å². The fourth-order valence-electron chi connectivity index (χ4n) is 4.42. The van der Waals surface area contributed by atoms with E-state index in [0.717, 1.165) is 0 Å². The zero-order chi connectivity index (χ0) is 26.3. The second-order valence-corrected chi connectivity index (χ2v) is 8.56. The van der Waals surface area contributed by atoms with Crippen LogP contribution in [0.2, 0.25) is 5.02 Å². The van der Waals surface area contributed by atoms with Crippen molar-refractivity contribution in [2.45, 2.75) is 0 Å². The summed E-state index contributed by atoms with van der Waals surface area (Å²) in [6, 6.07) is 14.5. The van der Waals surface area contributed by atoms with E-state index in [1.54, 1.807) is 42.5 Å². The summed E-state index contributed by atoms with van der Waals surface area (Å²) in [5.74, 6) is -0.0731.